The summed E-state index contributed by atoms with van der Waals surface area (Å²) in [7, 11) is 0. The molecule has 0 aliphatic carbocycles. The van der Waals surface area contributed by atoms with E-state index >= 15 is 0 Å². The Kier molecular flexibility index (Phi) is 6.09. The second kappa shape index (κ2) is 8.88. The van der Waals surface area contributed by atoms with Crippen molar-refractivity contribution in [3.63, 3.8) is 0 Å². The lowest BCUT2D eigenvalue weighted by molar-refractivity contribution is 0.480. The summed E-state index contributed by atoms with van der Waals surface area (Å²) in [6, 6.07) is 8.99. The van der Waals surface area contributed by atoms with Crippen molar-refractivity contribution in [3.8, 4) is 29.0 Å². The number of nitrogens with zero attached hydrogens (tertiary/aromatic N) is 5. The number of benzene rings is 1. The van der Waals surface area contributed by atoms with Gasteiger partial charge in [-0.1, -0.05) is 13.8 Å². The van der Waals surface area contributed by atoms with E-state index in [1.54, 1.807) is 36.7 Å². The fourth-order valence-corrected chi connectivity index (χ4v) is 2.39. The Morgan fingerprint density at radius 2 is 1.96 bits per heavy atom. The third-order valence-electron chi connectivity index (χ3n) is 3.84. The second-order valence-electron chi connectivity index (χ2n) is 6.60. The summed E-state index contributed by atoms with van der Waals surface area (Å²) in [5.41, 5.74) is 7.57. The maximum Gasteiger partial charge on any atom is 0.162 e. The lowest BCUT2D eigenvalue weighted by Crippen LogP contribution is -2.09. The smallest absolute Gasteiger partial charge is 0.162 e. The van der Waals surface area contributed by atoms with E-state index in [0.717, 1.165) is 12.1 Å². The highest BCUT2D eigenvalue weighted by atomic mass is 16.5. The van der Waals surface area contributed by atoms with Gasteiger partial charge in [-0.25, -0.2) is 9.97 Å². The van der Waals surface area contributed by atoms with Crippen LogP contribution in [0.15, 0.2) is 42.9 Å². The molecule has 0 aliphatic rings. The molecule has 8 heteroatoms. The molecule has 8 nitrogen and oxygen atoms in total. The van der Waals surface area contributed by atoms with E-state index in [4.69, 9.17) is 10.5 Å². The lowest BCUT2D eigenvalue weighted by atomic mass is 10.1. The summed E-state index contributed by atoms with van der Waals surface area (Å²) in [5.74, 6) is 2.53. The van der Waals surface area contributed by atoms with Gasteiger partial charge in [-0.05, 0) is 24.1 Å². The standard InChI is InChI=1S/C20H21N7O/c1-13(2)9-23-19-6-16(12-26-27-19)28-18-5-14(7-21)3-4-17(18)20-24-10-15(8-22)11-25-20/h3-6,10-13H,8-9,22H2,1-2H3,(H,23,27). The van der Waals surface area contributed by atoms with Crippen molar-refractivity contribution >= 4 is 5.82 Å². The van der Waals surface area contributed by atoms with E-state index in [-0.39, 0.29) is 0 Å². The van der Waals surface area contributed by atoms with Gasteiger partial charge in [-0.3, -0.25) is 0 Å². The number of aromatic nitrogens is 4. The first-order valence-electron chi connectivity index (χ1n) is 8.89. The molecular weight excluding hydrogens is 354 g/mol. The summed E-state index contributed by atoms with van der Waals surface area (Å²) >= 11 is 0. The van der Waals surface area contributed by atoms with Crippen LogP contribution in [0.5, 0.6) is 11.5 Å². The third kappa shape index (κ3) is 4.78. The predicted octanol–water partition coefficient (Wildman–Crippen LogP) is 3.12. The first-order chi connectivity index (χ1) is 13.6. The molecule has 0 bridgehead atoms. The molecule has 0 amide bonds. The Bertz CT molecular complexity index is 981. The van der Waals surface area contributed by atoms with Crippen LogP contribution in [0.1, 0.15) is 25.0 Å². The zero-order valence-electron chi connectivity index (χ0n) is 15.8. The SMILES string of the molecule is CC(C)CNc1cc(Oc2cc(C#N)ccc2-c2ncc(CN)cn2)cnn1. The number of nitrogens with one attached hydrogen (secondary N) is 1. The van der Waals surface area contributed by atoms with Crippen LogP contribution < -0.4 is 15.8 Å². The molecule has 0 atom stereocenters. The molecule has 0 aliphatic heterocycles. The van der Waals surface area contributed by atoms with Gasteiger partial charge in [0.05, 0.1) is 23.4 Å². The van der Waals surface area contributed by atoms with Crippen LogP contribution >= 0.6 is 0 Å². The van der Waals surface area contributed by atoms with Crippen molar-refractivity contribution in [1.29, 1.82) is 5.26 Å². The van der Waals surface area contributed by atoms with Gasteiger partial charge in [0.15, 0.2) is 17.4 Å². The summed E-state index contributed by atoms with van der Waals surface area (Å²) < 4.78 is 6.01. The van der Waals surface area contributed by atoms with E-state index in [1.807, 2.05) is 0 Å². The van der Waals surface area contributed by atoms with Gasteiger partial charge in [-0.15, -0.1) is 5.10 Å². The summed E-state index contributed by atoms with van der Waals surface area (Å²) in [6.07, 6.45) is 4.86. The van der Waals surface area contributed by atoms with Crippen LogP contribution in [-0.4, -0.2) is 26.7 Å². The molecular formula is C20H21N7O. The minimum absolute atomic E-state index is 0.367. The molecule has 2 heterocycles. The van der Waals surface area contributed by atoms with Gasteiger partial charge in [0, 0.05) is 37.1 Å². The van der Waals surface area contributed by atoms with E-state index in [9.17, 15) is 5.26 Å². The molecule has 1 aromatic carbocycles. The number of ether oxygens (including phenoxy) is 1. The van der Waals surface area contributed by atoms with Gasteiger partial charge in [-0.2, -0.15) is 10.4 Å². The van der Waals surface area contributed by atoms with Crippen LogP contribution in [0.25, 0.3) is 11.4 Å². The molecule has 0 saturated heterocycles. The van der Waals surface area contributed by atoms with Gasteiger partial charge < -0.3 is 15.8 Å². The number of nitrogens with two attached hydrogens (primary N) is 1. The first-order valence-corrected chi connectivity index (χ1v) is 8.89. The Morgan fingerprint density at radius 1 is 1.18 bits per heavy atom. The van der Waals surface area contributed by atoms with E-state index < -0.39 is 0 Å². The van der Waals surface area contributed by atoms with Crippen molar-refractivity contribution in [2.75, 3.05) is 11.9 Å². The van der Waals surface area contributed by atoms with Crippen molar-refractivity contribution in [2.24, 2.45) is 11.7 Å². The Morgan fingerprint density at radius 3 is 2.64 bits per heavy atom. The fraction of sp³-hybridized carbons (Fsp3) is 0.250. The highest BCUT2D eigenvalue weighted by molar-refractivity contribution is 5.66. The molecule has 3 aromatic rings. The Hall–Kier alpha value is -3.57. The largest absolute Gasteiger partial charge is 0.455 e. The highest BCUT2D eigenvalue weighted by Gasteiger charge is 2.12. The quantitative estimate of drug-likeness (QED) is 0.646. The number of anilines is 1. The monoisotopic (exact) mass is 375 g/mol. The van der Waals surface area contributed by atoms with Crippen LogP contribution in [-0.2, 0) is 6.54 Å². The molecule has 0 spiro atoms. The Labute approximate surface area is 163 Å². The molecule has 0 fully saturated rings. The molecule has 0 unspecified atom stereocenters. The molecule has 142 valence electrons. The summed E-state index contributed by atoms with van der Waals surface area (Å²) in [5, 5.41) is 20.5. The average molecular weight is 375 g/mol. The van der Waals surface area contributed by atoms with Crippen molar-refractivity contribution in [3.05, 3.63) is 54.0 Å². The minimum atomic E-state index is 0.367. The molecule has 3 rings (SSSR count). The maximum atomic E-state index is 9.24. The number of hydrogen-bond donors (Lipinski definition) is 2. The summed E-state index contributed by atoms with van der Waals surface area (Å²) in [6.45, 7) is 5.35. The lowest BCUT2D eigenvalue weighted by Gasteiger charge is -2.12. The number of hydrogen-bond acceptors (Lipinski definition) is 8. The number of nitriles is 1. The maximum absolute atomic E-state index is 9.24. The molecule has 0 saturated carbocycles. The van der Waals surface area contributed by atoms with Crippen molar-refractivity contribution in [1.82, 2.24) is 20.2 Å². The molecule has 28 heavy (non-hydrogen) atoms. The van der Waals surface area contributed by atoms with Gasteiger partial charge >= 0.3 is 0 Å². The normalized spacial score (nSPS) is 10.5. The van der Waals surface area contributed by atoms with Crippen LogP contribution in [0, 0.1) is 17.2 Å². The van der Waals surface area contributed by atoms with Crippen LogP contribution in [0.3, 0.4) is 0 Å². The first kappa shape index (κ1) is 19.2. The van der Waals surface area contributed by atoms with E-state index in [1.165, 1.54) is 6.20 Å². The van der Waals surface area contributed by atoms with Gasteiger partial charge in [0.2, 0.25) is 0 Å². The molecule has 3 N–H and O–H groups in total. The van der Waals surface area contributed by atoms with Crippen LogP contribution in [0.4, 0.5) is 5.82 Å². The van der Waals surface area contributed by atoms with Crippen LogP contribution in [0.2, 0.25) is 0 Å². The van der Waals surface area contributed by atoms with E-state index in [2.05, 4.69) is 45.4 Å². The third-order valence-corrected chi connectivity index (χ3v) is 3.84. The highest BCUT2D eigenvalue weighted by Crippen LogP contribution is 2.32. The summed E-state index contributed by atoms with van der Waals surface area (Å²) in [4.78, 5) is 8.70. The minimum Gasteiger partial charge on any atom is -0.455 e. The fourth-order valence-electron chi connectivity index (χ4n) is 2.39. The predicted molar refractivity (Wildman–Crippen MR) is 106 cm³/mol. The Balaban J connectivity index is 1.92. The number of rotatable bonds is 7. The van der Waals surface area contributed by atoms with Gasteiger partial charge in [0.1, 0.15) is 5.75 Å². The molecule has 0 radical (unpaired) electrons. The molecule has 2 aromatic heterocycles. The average Bonchev–Trinajstić information content (AvgIpc) is 2.72. The zero-order valence-corrected chi connectivity index (χ0v) is 15.8. The van der Waals surface area contributed by atoms with Gasteiger partial charge in [0.25, 0.3) is 0 Å². The second-order valence-corrected chi connectivity index (χ2v) is 6.60. The van der Waals surface area contributed by atoms with Crippen molar-refractivity contribution in [2.45, 2.75) is 20.4 Å². The van der Waals surface area contributed by atoms with Crippen molar-refractivity contribution < 1.29 is 4.74 Å². The van der Waals surface area contributed by atoms with E-state index in [0.29, 0.717) is 46.7 Å². The zero-order chi connectivity index (χ0) is 19.9. The topological polar surface area (TPSA) is 123 Å².